The summed E-state index contributed by atoms with van der Waals surface area (Å²) in [5.41, 5.74) is 2.27. The second-order valence-corrected chi connectivity index (χ2v) is 7.88. The van der Waals surface area contributed by atoms with E-state index >= 15 is 0 Å². The molecule has 1 aliphatic carbocycles. The van der Waals surface area contributed by atoms with E-state index < -0.39 is 0 Å². The summed E-state index contributed by atoms with van der Waals surface area (Å²) in [6, 6.07) is 8.12. The lowest BCUT2D eigenvalue weighted by atomic mass is 10.1. The molecule has 1 aromatic carbocycles. The molecule has 130 valence electrons. The molecule has 2 fully saturated rings. The van der Waals surface area contributed by atoms with E-state index in [0.29, 0.717) is 24.1 Å². The van der Waals surface area contributed by atoms with Crippen LogP contribution in [0.5, 0.6) is 0 Å². The second-order valence-electron chi connectivity index (χ2n) is 6.87. The van der Waals surface area contributed by atoms with Crippen LogP contribution in [-0.2, 0) is 16.1 Å². The fourth-order valence-electron chi connectivity index (χ4n) is 3.00. The van der Waals surface area contributed by atoms with Crippen molar-refractivity contribution in [3.05, 3.63) is 40.4 Å². The quantitative estimate of drug-likeness (QED) is 0.894. The molecule has 1 N–H and O–H groups in total. The number of hydrogen-bond acceptors (Lipinski definition) is 5. The number of carbonyl (C=O) groups excluding carboxylic acids is 2. The van der Waals surface area contributed by atoms with Gasteiger partial charge in [0, 0.05) is 25.4 Å². The first-order chi connectivity index (χ1) is 12.1. The van der Waals surface area contributed by atoms with Gasteiger partial charge in [0.15, 0.2) is 0 Å². The Balaban J connectivity index is 1.35. The van der Waals surface area contributed by atoms with E-state index in [1.54, 1.807) is 4.90 Å². The van der Waals surface area contributed by atoms with Crippen LogP contribution in [0.3, 0.4) is 0 Å². The zero-order chi connectivity index (χ0) is 17.4. The number of rotatable bonds is 5. The summed E-state index contributed by atoms with van der Waals surface area (Å²) < 4.78 is 0. The Hall–Kier alpha value is -2.28. The fourth-order valence-corrected chi connectivity index (χ4v) is 3.92. The maximum atomic E-state index is 12.4. The van der Waals surface area contributed by atoms with Gasteiger partial charge in [-0.15, -0.1) is 10.2 Å². The van der Waals surface area contributed by atoms with Gasteiger partial charge >= 0.3 is 0 Å². The molecule has 1 atom stereocenters. The highest BCUT2D eigenvalue weighted by atomic mass is 32.1. The van der Waals surface area contributed by atoms with Crippen molar-refractivity contribution in [3.63, 3.8) is 0 Å². The molecule has 1 aliphatic heterocycles. The number of aromatic nitrogens is 2. The number of hydrogen-bond donors (Lipinski definition) is 1. The predicted molar refractivity (Wildman–Crippen MR) is 95.2 cm³/mol. The summed E-state index contributed by atoms with van der Waals surface area (Å²) >= 11 is 1.44. The molecule has 7 heteroatoms. The minimum atomic E-state index is -0.328. The number of carbonyl (C=O) groups is 2. The molecular formula is C18H20N4O2S. The molecule has 2 heterocycles. The highest BCUT2D eigenvalue weighted by molar-refractivity contribution is 7.15. The highest BCUT2D eigenvalue weighted by Crippen LogP contribution is 2.42. The topological polar surface area (TPSA) is 75.2 Å². The molecule has 0 bridgehead atoms. The molecule has 6 nitrogen and oxygen atoms in total. The average Bonchev–Trinajstić information content (AvgIpc) is 3.24. The zero-order valence-electron chi connectivity index (χ0n) is 14.1. The Bertz CT molecular complexity index is 798. The number of benzene rings is 1. The Morgan fingerprint density at radius 2 is 2.04 bits per heavy atom. The summed E-state index contributed by atoms with van der Waals surface area (Å²) in [4.78, 5) is 26.4. The van der Waals surface area contributed by atoms with E-state index in [9.17, 15) is 9.59 Å². The van der Waals surface area contributed by atoms with E-state index in [1.165, 1.54) is 16.9 Å². The Kier molecular flexibility index (Phi) is 4.25. The third-order valence-electron chi connectivity index (χ3n) is 4.68. The van der Waals surface area contributed by atoms with Gasteiger partial charge in [-0.3, -0.25) is 9.59 Å². The van der Waals surface area contributed by atoms with Crippen LogP contribution >= 0.6 is 11.3 Å². The number of aryl methyl sites for hydroxylation is 1. The van der Waals surface area contributed by atoms with E-state index in [-0.39, 0.29) is 24.2 Å². The number of nitrogens with one attached hydrogen (secondary N) is 1. The summed E-state index contributed by atoms with van der Waals surface area (Å²) in [5, 5.41) is 12.5. The van der Waals surface area contributed by atoms with Crippen LogP contribution in [0.15, 0.2) is 24.3 Å². The Labute approximate surface area is 150 Å². The second kappa shape index (κ2) is 6.55. The van der Waals surface area contributed by atoms with Gasteiger partial charge in [0.2, 0.25) is 16.9 Å². The Morgan fingerprint density at radius 3 is 2.76 bits per heavy atom. The third-order valence-corrected chi connectivity index (χ3v) is 5.68. The SMILES string of the molecule is Cc1ccc(CN2CC(C(=O)Nc3nnc(C4CC4)s3)CC2=O)cc1. The van der Waals surface area contributed by atoms with Gasteiger partial charge in [-0.1, -0.05) is 41.2 Å². The van der Waals surface area contributed by atoms with Crippen LogP contribution < -0.4 is 5.32 Å². The maximum Gasteiger partial charge on any atom is 0.231 e. The standard InChI is InChI=1S/C18H20N4O2S/c1-11-2-4-12(5-3-11)9-22-10-14(8-15(22)23)16(24)19-18-21-20-17(25-18)13-6-7-13/h2-5,13-14H,6-10H2,1H3,(H,19,21,24). The molecule has 0 radical (unpaired) electrons. The van der Waals surface area contributed by atoms with Crippen LogP contribution in [0.2, 0.25) is 0 Å². The zero-order valence-corrected chi connectivity index (χ0v) is 14.9. The lowest BCUT2D eigenvalue weighted by Gasteiger charge is -2.16. The lowest BCUT2D eigenvalue weighted by Crippen LogP contribution is -2.28. The molecule has 2 aliphatic rings. The van der Waals surface area contributed by atoms with Gasteiger partial charge in [0.25, 0.3) is 0 Å². The van der Waals surface area contributed by atoms with Gasteiger partial charge in [-0.05, 0) is 25.3 Å². The van der Waals surface area contributed by atoms with E-state index in [1.807, 2.05) is 31.2 Å². The van der Waals surface area contributed by atoms with E-state index in [0.717, 1.165) is 23.4 Å². The molecule has 4 rings (SSSR count). The van der Waals surface area contributed by atoms with Gasteiger partial charge < -0.3 is 10.2 Å². The maximum absolute atomic E-state index is 12.4. The molecule has 0 spiro atoms. The number of amides is 2. The van der Waals surface area contributed by atoms with Crippen LogP contribution in [0, 0.1) is 12.8 Å². The smallest absolute Gasteiger partial charge is 0.231 e. The van der Waals surface area contributed by atoms with Gasteiger partial charge in [-0.25, -0.2) is 0 Å². The van der Waals surface area contributed by atoms with Crippen LogP contribution in [-0.4, -0.2) is 33.5 Å². The van der Waals surface area contributed by atoms with Crippen molar-refractivity contribution in [2.45, 2.75) is 38.6 Å². The molecule has 1 unspecified atom stereocenters. The first-order valence-electron chi connectivity index (χ1n) is 8.56. The number of nitrogens with zero attached hydrogens (tertiary/aromatic N) is 3. The summed E-state index contributed by atoms with van der Waals surface area (Å²) in [6.07, 6.45) is 2.58. The first-order valence-corrected chi connectivity index (χ1v) is 9.38. The van der Waals surface area contributed by atoms with Crippen LogP contribution in [0.1, 0.15) is 41.3 Å². The summed E-state index contributed by atoms with van der Waals surface area (Å²) in [5.74, 6) is 0.0855. The molecule has 2 amide bonds. The average molecular weight is 356 g/mol. The molecule has 1 saturated heterocycles. The van der Waals surface area contributed by atoms with Gasteiger partial charge in [0.1, 0.15) is 5.01 Å². The fraction of sp³-hybridized carbons (Fsp3) is 0.444. The lowest BCUT2D eigenvalue weighted by molar-refractivity contribution is -0.128. The van der Waals surface area contributed by atoms with Crippen molar-refractivity contribution < 1.29 is 9.59 Å². The number of likely N-dealkylation sites (tertiary alicyclic amines) is 1. The molecular weight excluding hydrogens is 336 g/mol. The molecule has 2 aromatic rings. The molecule has 1 aromatic heterocycles. The Morgan fingerprint density at radius 1 is 1.28 bits per heavy atom. The normalized spacial score (nSPS) is 20.1. The number of anilines is 1. The third kappa shape index (κ3) is 3.71. The van der Waals surface area contributed by atoms with Crippen LogP contribution in [0.4, 0.5) is 5.13 Å². The monoisotopic (exact) mass is 356 g/mol. The van der Waals surface area contributed by atoms with E-state index in [2.05, 4.69) is 15.5 Å². The highest BCUT2D eigenvalue weighted by Gasteiger charge is 2.35. The largest absolute Gasteiger partial charge is 0.338 e. The van der Waals surface area contributed by atoms with Crippen molar-refractivity contribution >= 4 is 28.3 Å². The van der Waals surface area contributed by atoms with Crippen molar-refractivity contribution in [1.82, 2.24) is 15.1 Å². The van der Waals surface area contributed by atoms with Crippen LogP contribution in [0.25, 0.3) is 0 Å². The summed E-state index contributed by atoms with van der Waals surface area (Å²) in [7, 11) is 0. The van der Waals surface area contributed by atoms with Crippen molar-refractivity contribution in [1.29, 1.82) is 0 Å². The minimum Gasteiger partial charge on any atom is -0.338 e. The van der Waals surface area contributed by atoms with Crippen molar-refractivity contribution in [2.75, 3.05) is 11.9 Å². The predicted octanol–water partition coefficient (Wildman–Crippen LogP) is 2.71. The minimum absolute atomic E-state index is 0.0247. The summed E-state index contributed by atoms with van der Waals surface area (Å²) in [6.45, 7) is 3.04. The van der Waals surface area contributed by atoms with Gasteiger partial charge in [0.05, 0.1) is 5.92 Å². The molecule has 1 saturated carbocycles. The van der Waals surface area contributed by atoms with Crippen molar-refractivity contribution in [3.8, 4) is 0 Å². The van der Waals surface area contributed by atoms with Gasteiger partial charge in [-0.2, -0.15) is 0 Å². The first kappa shape index (κ1) is 16.2. The van der Waals surface area contributed by atoms with E-state index in [4.69, 9.17) is 0 Å². The van der Waals surface area contributed by atoms with Crippen molar-refractivity contribution in [2.24, 2.45) is 5.92 Å². The molecule has 25 heavy (non-hydrogen) atoms.